The van der Waals surface area contributed by atoms with E-state index in [2.05, 4.69) is 5.29 Å². The van der Waals surface area contributed by atoms with Crippen molar-refractivity contribution in [3.63, 3.8) is 0 Å². The zero-order valence-electron chi connectivity index (χ0n) is 5.20. The van der Waals surface area contributed by atoms with Crippen LogP contribution in [-0.4, -0.2) is 18.0 Å². The van der Waals surface area contributed by atoms with Crippen LogP contribution in [0.1, 0.15) is 12.8 Å². The Morgan fingerprint density at radius 1 is 1.67 bits per heavy atom. The van der Waals surface area contributed by atoms with Crippen LogP contribution < -0.4 is 0 Å². The summed E-state index contributed by atoms with van der Waals surface area (Å²) in [5.41, 5.74) is 0. The van der Waals surface area contributed by atoms with E-state index in [0.717, 1.165) is 17.9 Å². The molecule has 9 heavy (non-hydrogen) atoms. The van der Waals surface area contributed by atoms with E-state index in [1.165, 1.54) is 7.05 Å². The van der Waals surface area contributed by atoms with E-state index in [0.29, 0.717) is 0 Å². The monoisotopic (exact) mass is 128 g/mol. The largest absolute Gasteiger partial charge is 0.273 e. The first-order chi connectivity index (χ1) is 4.25. The fourth-order valence-electron chi connectivity index (χ4n) is 0.635. The average Bonchev–Trinajstić information content (AvgIpc) is 2.66. The topological polar surface area (TPSA) is 49.7 Å². The Bertz CT molecular complexity index is 142. The lowest BCUT2D eigenvalue weighted by Gasteiger charge is -2.02. The van der Waals surface area contributed by atoms with E-state index in [4.69, 9.17) is 0 Å². The van der Waals surface area contributed by atoms with E-state index >= 15 is 0 Å². The maximum Gasteiger partial charge on any atom is 0.248 e. The second-order valence-corrected chi connectivity index (χ2v) is 2.22. The van der Waals surface area contributed by atoms with Crippen molar-refractivity contribution in [3.8, 4) is 0 Å². The highest BCUT2D eigenvalue weighted by atomic mass is 16.3. The SMILES string of the molecule is CN(N=O)C(=O)C1CC1. The maximum absolute atomic E-state index is 10.8. The normalized spacial score (nSPS) is 17.0. The van der Waals surface area contributed by atoms with Crippen LogP contribution >= 0.6 is 0 Å². The van der Waals surface area contributed by atoms with Crippen LogP contribution in [0.3, 0.4) is 0 Å². The molecule has 0 aromatic carbocycles. The molecule has 4 heteroatoms. The average molecular weight is 128 g/mol. The van der Waals surface area contributed by atoms with Gasteiger partial charge in [0.2, 0.25) is 5.91 Å². The molecule has 0 heterocycles. The van der Waals surface area contributed by atoms with Gasteiger partial charge in [0, 0.05) is 13.0 Å². The Morgan fingerprint density at radius 3 is 2.56 bits per heavy atom. The van der Waals surface area contributed by atoms with Crippen LogP contribution in [0, 0.1) is 10.8 Å². The number of amides is 1. The van der Waals surface area contributed by atoms with Gasteiger partial charge in [0.15, 0.2) is 0 Å². The predicted octanol–water partition coefficient (Wildman–Crippen LogP) is 0.536. The molecule has 1 rings (SSSR count). The van der Waals surface area contributed by atoms with Crippen molar-refractivity contribution < 1.29 is 4.79 Å². The summed E-state index contributed by atoms with van der Waals surface area (Å²) in [5.74, 6) is -0.0577. The molecule has 4 nitrogen and oxygen atoms in total. The molecule has 1 aliphatic carbocycles. The van der Waals surface area contributed by atoms with Gasteiger partial charge < -0.3 is 0 Å². The van der Waals surface area contributed by atoms with Gasteiger partial charge in [-0.3, -0.25) is 4.79 Å². The van der Waals surface area contributed by atoms with E-state index in [-0.39, 0.29) is 11.8 Å². The first-order valence-corrected chi connectivity index (χ1v) is 2.86. The summed E-state index contributed by atoms with van der Waals surface area (Å²) in [7, 11) is 1.38. The Kier molecular flexibility index (Phi) is 1.46. The van der Waals surface area contributed by atoms with Crippen LogP contribution in [-0.2, 0) is 4.79 Å². The van der Waals surface area contributed by atoms with Crippen molar-refractivity contribution in [1.29, 1.82) is 0 Å². The number of nitrogens with zero attached hydrogens (tertiary/aromatic N) is 2. The second-order valence-electron chi connectivity index (χ2n) is 2.22. The minimum Gasteiger partial charge on any atom is -0.273 e. The minimum absolute atomic E-state index is 0.0905. The molecule has 0 atom stereocenters. The molecule has 1 fully saturated rings. The maximum atomic E-state index is 10.8. The molecular weight excluding hydrogens is 120 g/mol. The van der Waals surface area contributed by atoms with E-state index < -0.39 is 0 Å². The first-order valence-electron chi connectivity index (χ1n) is 2.86. The molecule has 1 aliphatic rings. The molecule has 0 aromatic rings. The van der Waals surface area contributed by atoms with Gasteiger partial charge in [-0.05, 0) is 12.8 Å². The molecular formula is C5H8N2O2. The third kappa shape index (κ3) is 1.25. The lowest BCUT2D eigenvalue weighted by atomic mass is 10.4. The molecule has 0 radical (unpaired) electrons. The van der Waals surface area contributed by atoms with Gasteiger partial charge in [-0.1, -0.05) is 0 Å². The molecule has 0 N–H and O–H groups in total. The van der Waals surface area contributed by atoms with Crippen molar-refractivity contribution in [2.24, 2.45) is 11.2 Å². The highest BCUT2D eigenvalue weighted by Gasteiger charge is 2.32. The standard InChI is InChI=1S/C5H8N2O2/c1-7(6-9)5(8)4-2-3-4/h4H,2-3H2,1H3. The predicted molar refractivity (Wildman–Crippen MR) is 31.3 cm³/mol. The van der Waals surface area contributed by atoms with Crippen molar-refractivity contribution in [1.82, 2.24) is 5.01 Å². The van der Waals surface area contributed by atoms with Crippen LogP contribution in [0.5, 0.6) is 0 Å². The Hall–Kier alpha value is -0.930. The van der Waals surface area contributed by atoms with Gasteiger partial charge in [-0.15, -0.1) is 4.91 Å². The Labute approximate surface area is 52.8 Å². The van der Waals surface area contributed by atoms with Gasteiger partial charge in [0.25, 0.3) is 0 Å². The van der Waals surface area contributed by atoms with Crippen molar-refractivity contribution in [2.45, 2.75) is 12.8 Å². The molecule has 50 valence electrons. The molecule has 0 unspecified atom stereocenters. The quantitative estimate of drug-likeness (QED) is 0.402. The van der Waals surface area contributed by atoms with Gasteiger partial charge in [-0.2, -0.15) is 5.01 Å². The summed E-state index contributed by atoms with van der Waals surface area (Å²) < 4.78 is 0. The Morgan fingerprint density at radius 2 is 2.22 bits per heavy atom. The summed E-state index contributed by atoms with van der Waals surface area (Å²) >= 11 is 0. The van der Waals surface area contributed by atoms with Crippen LogP contribution in [0.4, 0.5) is 0 Å². The number of carbonyl (C=O) groups excluding carboxylic acids is 1. The van der Waals surface area contributed by atoms with Gasteiger partial charge in [0.1, 0.15) is 0 Å². The second kappa shape index (κ2) is 2.13. The Balaban J connectivity index is 2.39. The van der Waals surface area contributed by atoms with Crippen LogP contribution in [0.25, 0.3) is 0 Å². The number of rotatable bonds is 2. The number of hydrogen-bond acceptors (Lipinski definition) is 3. The summed E-state index contributed by atoms with van der Waals surface area (Å²) in [6, 6.07) is 0. The molecule has 0 spiro atoms. The molecule has 0 aliphatic heterocycles. The number of nitroso groups, excluding NO2 is 1. The minimum atomic E-state index is -0.148. The number of carbonyl (C=O) groups is 1. The van der Waals surface area contributed by atoms with Crippen molar-refractivity contribution in [2.75, 3.05) is 7.05 Å². The first kappa shape index (κ1) is 6.19. The third-order valence-electron chi connectivity index (χ3n) is 1.37. The molecule has 0 bridgehead atoms. The fourth-order valence-corrected chi connectivity index (χ4v) is 0.635. The van der Waals surface area contributed by atoms with E-state index in [1.807, 2.05) is 0 Å². The lowest BCUT2D eigenvalue weighted by molar-refractivity contribution is -0.131. The van der Waals surface area contributed by atoms with Crippen LogP contribution in [0.15, 0.2) is 5.29 Å². The van der Waals surface area contributed by atoms with E-state index in [1.54, 1.807) is 0 Å². The fraction of sp³-hybridized carbons (Fsp3) is 0.800. The van der Waals surface area contributed by atoms with Gasteiger partial charge in [-0.25, -0.2) is 0 Å². The summed E-state index contributed by atoms with van der Waals surface area (Å²) in [6.07, 6.45) is 1.83. The smallest absolute Gasteiger partial charge is 0.248 e. The molecule has 0 aromatic heterocycles. The summed E-state index contributed by atoms with van der Waals surface area (Å²) in [4.78, 5) is 20.5. The molecule has 0 saturated heterocycles. The lowest BCUT2D eigenvalue weighted by Crippen LogP contribution is -2.21. The van der Waals surface area contributed by atoms with Gasteiger partial charge in [0.05, 0.1) is 5.29 Å². The third-order valence-corrected chi connectivity index (χ3v) is 1.37. The molecule has 1 amide bonds. The molecule has 1 saturated carbocycles. The van der Waals surface area contributed by atoms with E-state index in [9.17, 15) is 9.70 Å². The zero-order chi connectivity index (χ0) is 6.85. The highest BCUT2D eigenvalue weighted by molar-refractivity contribution is 5.80. The van der Waals surface area contributed by atoms with Crippen molar-refractivity contribution in [3.05, 3.63) is 4.91 Å². The highest BCUT2D eigenvalue weighted by Crippen LogP contribution is 2.30. The van der Waals surface area contributed by atoms with Crippen molar-refractivity contribution >= 4 is 5.91 Å². The zero-order valence-corrected chi connectivity index (χ0v) is 5.20. The summed E-state index contributed by atoms with van der Waals surface area (Å²) in [6.45, 7) is 0. The van der Waals surface area contributed by atoms with Gasteiger partial charge >= 0.3 is 0 Å². The number of hydrogen-bond donors (Lipinski definition) is 0. The summed E-state index contributed by atoms with van der Waals surface area (Å²) in [5, 5.41) is 3.34. The van der Waals surface area contributed by atoms with Crippen LogP contribution in [0.2, 0.25) is 0 Å².